The normalized spacial score (nSPS) is 10.2. The Balaban J connectivity index is 2.82. The van der Waals surface area contributed by atoms with Gasteiger partial charge in [-0.25, -0.2) is 0 Å². The Kier molecular flexibility index (Phi) is 3.34. The van der Waals surface area contributed by atoms with Gasteiger partial charge in [0.25, 0.3) is 0 Å². The standard InChI is InChI=1S/C14H12N2O3/c1-3-19-13-5-12-11(4-10(13)8(2)17)14(18)9(6-15)7-16-12/h4-5,7H,3H2,1-2H3,(H,16,18). The van der Waals surface area contributed by atoms with E-state index in [1.807, 2.05) is 13.0 Å². The molecule has 0 aliphatic rings. The highest BCUT2D eigenvalue weighted by Gasteiger charge is 2.13. The first-order valence-electron chi connectivity index (χ1n) is 5.81. The van der Waals surface area contributed by atoms with Crippen molar-refractivity contribution in [3.8, 4) is 11.8 Å². The Labute approximate surface area is 109 Å². The number of ketones is 1. The maximum atomic E-state index is 12.0. The number of H-pyrrole nitrogens is 1. The van der Waals surface area contributed by atoms with Crippen molar-refractivity contribution in [2.45, 2.75) is 13.8 Å². The summed E-state index contributed by atoms with van der Waals surface area (Å²) in [5.41, 5.74) is 0.514. The van der Waals surface area contributed by atoms with Gasteiger partial charge in [-0.15, -0.1) is 0 Å². The molecule has 96 valence electrons. The largest absolute Gasteiger partial charge is 0.493 e. The molecule has 19 heavy (non-hydrogen) atoms. The van der Waals surface area contributed by atoms with Crippen LogP contribution in [0.25, 0.3) is 10.9 Å². The van der Waals surface area contributed by atoms with E-state index in [4.69, 9.17) is 10.00 Å². The minimum Gasteiger partial charge on any atom is -0.493 e. The number of nitrogens with one attached hydrogen (secondary N) is 1. The van der Waals surface area contributed by atoms with Gasteiger partial charge in [-0.05, 0) is 19.9 Å². The van der Waals surface area contributed by atoms with Crippen molar-refractivity contribution >= 4 is 16.7 Å². The molecule has 2 aromatic rings. The summed E-state index contributed by atoms with van der Waals surface area (Å²) in [6.45, 7) is 3.65. The highest BCUT2D eigenvalue weighted by molar-refractivity contribution is 6.01. The monoisotopic (exact) mass is 256 g/mol. The molecule has 0 unspecified atom stereocenters. The number of ether oxygens (including phenoxy) is 1. The first kappa shape index (κ1) is 12.8. The Morgan fingerprint density at radius 2 is 2.21 bits per heavy atom. The molecule has 0 saturated heterocycles. The van der Waals surface area contributed by atoms with Crippen molar-refractivity contribution in [1.82, 2.24) is 4.98 Å². The number of rotatable bonds is 3. The van der Waals surface area contributed by atoms with Crippen LogP contribution in [-0.4, -0.2) is 17.4 Å². The molecule has 1 aromatic heterocycles. The zero-order valence-corrected chi connectivity index (χ0v) is 10.6. The number of carbonyl (C=O) groups excluding carboxylic acids is 1. The van der Waals surface area contributed by atoms with E-state index in [-0.39, 0.29) is 16.8 Å². The third-order valence-electron chi connectivity index (χ3n) is 2.78. The lowest BCUT2D eigenvalue weighted by Gasteiger charge is -2.09. The maximum absolute atomic E-state index is 12.0. The molecule has 5 nitrogen and oxygen atoms in total. The zero-order valence-electron chi connectivity index (χ0n) is 10.6. The van der Waals surface area contributed by atoms with Crippen LogP contribution < -0.4 is 10.2 Å². The van der Waals surface area contributed by atoms with Crippen LogP contribution in [0.15, 0.2) is 23.1 Å². The van der Waals surface area contributed by atoms with Crippen LogP contribution in [0.3, 0.4) is 0 Å². The van der Waals surface area contributed by atoms with Gasteiger partial charge in [0.2, 0.25) is 5.43 Å². The van der Waals surface area contributed by atoms with E-state index in [0.29, 0.717) is 28.8 Å². The number of Topliss-reactive ketones (excluding diaryl/α,β-unsaturated/α-hetero) is 1. The molecule has 5 heteroatoms. The number of aromatic nitrogens is 1. The number of hydrogen-bond donors (Lipinski definition) is 1. The molecule has 0 radical (unpaired) electrons. The van der Waals surface area contributed by atoms with Gasteiger partial charge in [0.15, 0.2) is 5.78 Å². The van der Waals surface area contributed by atoms with Crippen LogP contribution in [-0.2, 0) is 0 Å². The predicted molar refractivity (Wildman–Crippen MR) is 70.5 cm³/mol. The van der Waals surface area contributed by atoms with E-state index in [1.165, 1.54) is 19.2 Å². The van der Waals surface area contributed by atoms with E-state index in [9.17, 15) is 9.59 Å². The molecule has 2 rings (SSSR count). The van der Waals surface area contributed by atoms with E-state index >= 15 is 0 Å². The molecular weight excluding hydrogens is 244 g/mol. The number of hydrogen-bond acceptors (Lipinski definition) is 4. The topological polar surface area (TPSA) is 82.9 Å². The second-order valence-corrected chi connectivity index (χ2v) is 4.03. The van der Waals surface area contributed by atoms with Crippen LogP contribution >= 0.6 is 0 Å². The molecular formula is C14H12N2O3. The minimum absolute atomic E-state index is 0.0196. The highest BCUT2D eigenvalue weighted by atomic mass is 16.5. The molecule has 1 N–H and O–H groups in total. The van der Waals surface area contributed by atoms with Gasteiger partial charge in [0, 0.05) is 17.6 Å². The first-order chi connectivity index (χ1) is 9.08. The zero-order chi connectivity index (χ0) is 14.0. The molecule has 0 bridgehead atoms. The van der Waals surface area contributed by atoms with Gasteiger partial charge >= 0.3 is 0 Å². The Bertz CT molecular complexity index is 754. The van der Waals surface area contributed by atoms with Crippen molar-refractivity contribution in [1.29, 1.82) is 5.26 Å². The van der Waals surface area contributed by atoms with E-state index < -0.39 is 0 Å². The van der Waals surface area contributed by atoms with Crippen LogP contribution in [0.4, 0.5) is 0 Å². The molecule has 0 fully saturated rings. The second-order valence-electron chi connectivity index (χ2n) is 4.03. The van der Waals surface area contributed by atoms with Crippen molar-refractivity contribution in [2.75, 3.05) is 6.61 Å². The van der Waals surface area contributed by atoms with Gasteiger partial charge in [0.1, 0.15) is 17.4 Å². The van der Waals surface area contributed by atoms with E-state index in [2.05, 4.69) is 4.98 Å². The average Bonchev–Trinajstić information content (AvgIpc) is 2.39. The molecule has 1 aromatic carbocycles. The van der Waals surface area contributed by atoms with Crippen molar-refractivity contribution in [2.24, 2.45) is 0 Å². The van der Waals surface area contributed by atoms with E-state index in [1.54, 1.807) is 6.07 Å². The maximum Gasteiger partial charge on any atom is 0.207 e. The summed E-state index contributed by atoms with van der Waals surface area (Å²) in [4.78, 5) is 26.5. The third-order valence-corrected chi connectivity index (χ3v) is 2.78. The Morgan fingerprint density at radius 1 is 1.47 bits per heavy atom. The summed E-state index contributed by atoms with van der Waals surface area (Å²) < 4.78 is 5.39. The molecule has 0 aliphatic heterocycles. The van der Waals surface area contributed by atoms with E-state index in [0.717, 1.165) is 0 Å². The quantitative estimate of drug-likeness (QED) is 0.851. The fraction of sp³-hybridized carbons (Fsp3) is 0.214. The van der Waals surface area contributed by atoms with Crippen molar-refractivity contribution < 1.29 is 9.53 Å². The fourth-order valence-corrected chi connectivity index (χ4v) is 1.88. The lowest BCUT2D eigenvalue weighted by Crippen LogP contribution is -2.09. The Morgan fingerprint density at radius 3 is 2.79 bits per heavy atom. The second kappa shape index (κ2) is 4.94. The number of fused-ring (bicyclic) bond motifs is 1. The van der Waals surface area contributed by atoms with Crippen molar-refractivity contribution in [3.05, 3.63) is 39.7 Å². The SMILES string of the molecule is CCOc1cc2[nH]cc(C#N)c(=O)c2cc1C(C)=O. The van der Waals surface area contributed by atoms with Gasteiger partial charge < -0.3 is 9.72 Å². The summed E-state index contributed by atoms with van der Waals surface area (Å²) in [7, 11) is 0. The summed E-state index contributed by atoms with van der Waals surface area (Å²) in [6, 6.07) is 4.90. The molecule has 1 heterocycles. The molecule has 0 spiro atoms. The summed E-state index contributed by atoms with van der Waals surface area (Å²) in [6.07, 6.45) is 1.35. The van der Waals surface area contributed by atoms with Crippen LogP contribution in [0, 0.1) is 11.3 Å². The average molecular weight is 256 g/mol. The smallest absolute Gasteiger partial charge is 0.207 e. The predicted octanol–water partition coefficient (Wildman–Crippen LogP) is 2.00. The number of benzene rings is 1. The summed E-state index contributed by atoms with van der Waals surface area (Å²) in [5.74, 6) is 0.245. The number of pyridine rings is 1. The lowest BCUT2D eigenvalue weighted by molar-refractivity contribution is 0.101. The molecule has 0 aliphatic carbocycles. The fourth-order valence-electron chi connectivity index (χ4n) is 1.88. The Hall–Kier alpha value is -2.61. The first-order valence-corrected chi connectivity index (χ1v) is 5.81. The summed E-state index contributed by atoms with van der Waals surface area (Å²) >= 11 is 0. The van der Waals surface area contributed by atoms with Crippen LogP contribution in [0.2, 0.25) is 0 Å². The van der Waals surface area contributed by atoms with Crippen LogP contribution in [0.5, 0.6) is 5.75 Å². The van der Waals surface area contributed by atoms with Crippen molar-refractivity contribution in [3.63, 3.8) is 0 Å². The van der Waals surface area contributed by atoms with Gasteiger partial charge in [0.05, 0.1) is 17.7 Å². The third kappa shape index (κ3) is 2.20. The lowest BCUT2D eigenvalue weighted by atomic mass is 10.1. The molecule has 0 atom stereocenters. The van der Waals surface area contributed by atoms with Gasteiger partial charge in [-0.1, -0.05) is 0 Å². The number of nitriles is 1. The van der Waals surface area contributed by atoms with Gasteiger partial charge in [-0.3, -0.25) is 9.59 Å². The highest BCUT2D eigenvalue weighted by Crippen LogP contribution is 2.24. The number of aromatic amines is 1. The summed E-state index contributed by atoms with van der Waals surface area (Å²) in [5, 5.41) is 9.15. The molecule has 0 amide bonds. The van der Waals surface area contributed by atoms with Crippen LogP contribution in [0.1, 0.15) is 29.8 Å². The molecule has 0 saturated carbocycles. The number of nitrogens with zero attached hydrogens (tertiary/aromatic N) is 1. The van der Waals surface area contributed by atoms with Gasteiger partial charge in [-0.2, -0.15) is 5.26 Å². The number of carbonyl (C=O) groups is 1. The minimum atomic E-state index is -0.387.